The Morgan fingerprint density at radius 2 is 1.73 bits per heavy atom. The molecule has 1 atom stereocenters. The van der Waals surface area contributed by atoms with Crippen molar-refractivity contribution in [2.24, 2.45) is 5.41 Å². The van der Waals surface area contributed by atoms with E-state index in [1.54, 1.807) is 0 Å². The van der Waals surface area contributed by atoms with Crippen LogP contribution in [0.25, 0.3) is 0 Å². The lowest BCUT2D eigenvalue weighted by molar-refractivity contribution is -0.241. The molecule has 0 radical (unpaired) electrons. The summed E-state index contributed by atoms with van der Waals surface area (Å²) in [6, 6.07) is 0. The maximum absolute atomic E-state index is 6.51. The molecular formula is C20H30O2. The van der Waals surface area contributed by atoms with Gasteiger partial charge in [0.2, 0.25) is 5.79 Å². The molecule has 0 bridgehead atoms. The molecule has 0 N–H and O–H groups in total. The van der Waals surface area contributed by atoms with E-state index in [1.165, 1.54) is 11.1 Å². The molecule has 0 fully saturated rings. The first-order chi connectivity index (χ1) is 10.0. The first-order valence-electron chi connectivity index (χ1n) is 8.17. The highest BCUT2D eigenvalue weighted by atomic mass is 16.7. The van der Waals surface area contributed by atoms with Crippen LogP contribution < -0.4 is 0 Å². The highest BCUT2D eigenvalue weighted by Gasteiger charge is 2.46. The number of hydrogen-bond acceptors (Lipinski definition) is 2. The third-order valence-corrected chi connectivity index (χ3v) is 3.77. The quantitative estimate of drug-likeness (QED) is 0.624. The summed E-state index contributed by atoms with van der Waals surface area (Å²) >= 11 is 0. The van der Waals surface area contributed by atoms with Crippen LogP contribution in [0.15, 0.2) is 47.3 Å². The topological polar surface area (TPSA) is 18.5 Å². The van der Waals surface area contributed by atoms with Gasteiger partial charge in [-0.3, -0.25) is 0 Å². The number of ether oxygens (including phenoxy) is 2. The van der Waals surface area contributed by atoms with Crippen LogP contribution in [-0.4, -0.2) is 11.4 Å². The van der Waals surface area contributed by atoms with Crippen molar-refractivity contribution in [1.29, 1.82) is 0 Å². The fraction of sp³-hybridized carbons (Fsp3) is 0.600. The number of rotatable bonds is 3. The van der Waals surface area contributed by atoms with Crippen LogP contribution in [0.4, 0.5) is 0 Å². The average molecular weight is 302 g/mol. The minimum atomic E-state index is -0.726. The molecule has 0 saturated heterocycles. The van der Waals surface area contributed by atoms with Crippen LogP contribution in [0, 0.1) is 5.41 Å². The Morgan fingerprint density at radius 1 is 1.05 bits per heavy atom. The molecule has 0 aromatic heterocycles. The summed E-state index contributed by atoms with van der Waals surface area (Å²) in [6.45, 7) is 15.1. The van der Waals surface area contributed by atoms with Crippen molar-refractivity contribution in [3.8, 4) is 0 Å². The van der Waals surface area contributed by atoms with Crippen molar-refractivity contribution in [2.75, 3.05) is 0 Å². The van der Waals surface area contributed by atoms with Gasteiger partial charge in [0, 0.05) is 12.0 Å². The molecule has 0 aromatic carbocycles. The van der Waals surface area contributed by atoms with Crippen LogP contribution in [-0.2, 0) is 9.47 Å². The van der Waals surface area contributed by atoms with Gasteiger partial charge in [0.15, 0.2) is 0 Å². The lowest BCUT2D eigenvalue weighted by atomic mass is 9.76. The first kappa shape index (κ1) is 17.1. The molecule has 0 aliphatic heterocycles. The van der Waals surface area contributed by atoms with Gasteiger partial charge in [-0.05, 0) is 51.7 Å². The highest BCUT2D eigenvalue weighted by molar-refractivity contribution is 5.37. The summed E-state index contributed by atoms with van der Waals surface area (Å²) < 4.78 is 12.9. The Hall–Kier alpha value is -1.28. The van der Waals surface area contributed by atoms with E-state index in [1.807, 2.05) is 6.08 Å². The third-order valence-electron chi connectivity index (χ3n) is 3.77. The summed E-state index contributed by atoms with van der Waals surface area (Å²) in [5.74, 6) is 0.184. The van der Waals surface area contributed by atoms with Crippen LogP contribution in [0.1, 0.15) is 61.3 Å². The molecule has 0 heterocycles. The minimum Gasteiger partial charge on any atom is -0.458 e. The van der Waals surface area contributed by atoms with Crippen LogP contribution in [0.2, 0.25) is 0 Å². The Bertz CT molecular complexity index is 547. The zero-order valence-corrected chi connectivity index (χ0v) is 15.1. The standard InChI is InChI=1S/C20H30O2/c1-15-12-13-20(22-19(5,6)7,17(14-15)18(2,3)4)21-16-10-8-9-11-16/h8,10-12,14H,9,13H2,1-7H3. The van der Waals surface area contributed by atoms with Crippen molar-refractivity contribution < 1.29 is 9.47 Å². The molecule has 0 saturated carbocycles. The summed E-state index contributed by atoms with van der Waals surface area (Å²) in [5, 5.41) is 0. The molecule has 122 valence electrons. The van der Waals surface area contributed by atoms with Crippen LogP contribution in [0.5, 0.6) is 0 Å². The zero-order valence-electron chi connectivity index (χ0n) is 15.1. The number of hydrogen-bond donors (Lipinski definition) is 0. The fourth-order valence-corrected chi connectivity index (χ4v) is 3.00. The summed E-state index contributed by atoms with van der Waals surface area (Å²) in [7, 11) is 0. The van der Waals surface area contributed by atoms with E-state index in [2.05, 4.69) is 72.8 Å². The second-order valence-electron chi connectivity index (χ2n) is 8.27. The second-order valence-corrected chi connectivity index (χ2v) is 8.27. The molecule has 0 aromatic rings. The maximum Gasteiger partial charge on any atom is 0.238 e. The van der Waals surface area contributed by atoms with E-state index in [9.17, 15) is 0 Å². The van der Waals surface area contributed by atoms with Crippen LogP contribution in [0.3, 0.4) is 0 Å². The molecule has 2 aliphatic rings. The van der Waals surface area contributed by atoms with Gasteiger partial charge < -0.3 is 9.47 Å². The van der Waals surface area contributed by atoms with Gasteiger partial charge in [0.05, 0.1) is 5.60 Å². The molecule has 1 unspecified atom stereocenters. The SMILES string of the molecule is CC1=CCC(OC2=CCC=C2)(OC(C)(C)C)C(C(C)(C)C)=C1. The van der Waals surface area contributed by atoms with Crippen molar-refractivity contribution in [3.63, 3.8) is 0 Å². The molecule has 2 nitrogen and oxygen atoms in total. The van der Waals surface area contributed by atoms with Crippen molar-refractivity contribution in [3.05, 3.63) is 47.3 Å². The summed E-state index contributed by atoms with van der Waals surface area (Å²) in [5.41, 5.74) is 2.17. The maximum atomic E-state index is 6.51. The predicted molar refractivity (Wildman–Crippen MR) is 92.4 cm³/mol. The first-order valence-corrected chi connectivity index (χ1v) is 8.17. The molecular weight excluding hydrogens is 272 g/mol. The highest BCUT2D eigenvalue weighted by Crippen LogP contribution is 2.46. The van der Waals surface area contributed by atoms with E-state index in [4.69, 9.17) is 9.47 Å². The molecule has 2 rings (SSSR count). The van der Waals surface area contributed by atoms with Gasteiger partial charge >= 0.3 is 0 Å². The van der Waals surface area contributed by atoms with Crippen LogP contribution >= 0.6 is 0 Å². The van der Waals surface area contributed by atoms with E-state index >= 15 is 0 Å². The lowest BCUT2D eigenvalue weighted by Gasteiger charge is -2.46. The molecule has 2 aliphatic carbocycles. The van der Waals surface area contributed by atoms with E-state index in [0.717, 1.165) is 18.6 Å². The molecule has 0 amide bonds. The minimum absolute atomic E-state index is 0.0242. The van der Waals surface area contributed by atoms with Gasteiger partial charge in [0.25, 0.3) is 0 Å². The Balaban J connectivity index is 2.47. The fourth-order valence-electron chi connectivity index (χ4n) is 3.00. The molecule has 22 heavy (non-hydrogen) atoms. The van der Waals surface area contributed by atoms with Gasteiger partial charge in [-0.15, -0.1) is 0 Å². The number of allylic oxidation sites excluding steroid dienone is 5. The summed E-state index contributed by atoms with van der Waals surface area (Å²) in [4.78, 5) is 0. The Morgan fingerprint density at radius 3 is 2.23 bits per heavy atom. The predicted octanol–water partition coefficient (Wildman–Crippen LogP) is 5.68. The van der Waals surface area contributed by atoms with E-state index in [-0.39, 0.29) is 11.0 Å². The van der Waals surface area contributed by atoms with Gasteiger partial charge in [-0.1, -0.05) is 44.6 Å². The normalized spacial score (nSPS) is 25.7. The summed E-state index contributed by atoms with van der Waals surface area (Å²) in [6.07, 6.45) is 12.4. The smallest absolute Gasteiger partial charge is 0.238 e. The second kappa shape index (κ2) is 5.73. The van der Waals surface area contributed by atoms with Gasteiger partial charge in [-0.2, -0.15) is 0 Å². The Labute approximate surface area is 135 Å². The van der Waals surface area contributed by atoms with E-state index < -0.39 is 5.79 Å². The van der Waals surface area contributed by atoms with Gasteiger partial charge in [-0.25, -0.2) is 0 Å². The Kier molecular flexibility index (Phi) is 4.45. The lowest BCUT2D eigenvalue weighted by Crippen LogP contribution is -2.47. The average Bonchev–Trinajstić information content (AvgIpc) is 2.81. The largest absolute Gasteiger partial charge is 0.458 e. The molecule has 0 spiro atoms. The molecule has 2 heteroatoms. The third kappa shape index (κ3) is 3.92. The van der Waals surface area contributed by atoms with E-state index in [0.29, 0.717) is 0 Å². The van der Waals surface area contributed by atoms with Crippen molar-refractivity contribution in [2.45, 2.75) is 72.7 Å². The van der Waals surface area contributed by atoms with Crippen molar-refractivity contribution >= 4 is 0 Å². The zero-order chi connectivity index (χ0) is 16.6. The van der Waals surface area contributed by atoms with Gasteiger partial charge in [0.1, 0.15) is 5.76 Å². The van der Waals surface area contributed by atoms with Crippen molar-refractivity contribution in [1.82, 2.24) is 0 Å². The monoisotopic (exact) mass is 302 g/mol.